The molecule has 25 heavy (non-hydrogen) atoms. The van der Waals surface area contributed by atoms with Crippen LogP contribution in [-0.2, 0) is 9.59 Å². The standard InChI is InChI=1S/C20H31N3O2/c1-20(2,18(24)21-15-9-7-5-6-8-10-15)19(25)22-16-11-13-17(14-12-16)23(3)4/h11-15H,5-10H2,1-4H3,(H,21,24)(H,22,25). The van der Waals surface area contributed by atoms with Crippen molar-refractivity contribution < 1.29 is 9.59 Å². The molecular weight excluding hydrogens is 314 g/mol. The van der Waals surface area contributed by atoms with E-state index in [0.717, 1.165) is 31.4 Å². The van der Waals surface area contributed by atoms with Gasteiger partial charge in [-0.05, 0) is 51.0 Å². The maximum atomic E-state index is 12.6. The Hall–Kier alpha value is -2.04. The van der Waals surface area contributed by atoms with Gasteiger partial charge in [0, 0.05) is 31.5 Å². The molecule has 0 unspecified atom stereocenters. The molecule has 0 aromatic heterocycles. The molecule has 0 aliphatic heterocycles. The van der Waals surface area contributed by atoms with Crippen molar-refractivity contribution in [2.24, 2.45) is 5.41 Å². The molecule has 2 rings (SSSR count). The molecule has 0 heterocycles. The van der Waals surface area contributed by atoms with E-state index in [1.807, 2.05) is 43.3 Å². The summed E-state index contributed by atoms with van der Waals surface area (Å²) in [7, 11) is 3.93. The number of carbonyl (C=O) groups is 2. The van der Waals surface area contributed by atoms with E-state index >= 15 is 0 Å². The highest BCUT2D eigenvalue weighted by Crippen LogP contribution is 2.23. The summed E-state index contributed by atoms with van der Waals surface area (Å²) >= 11 is 0. The van der Waals surface area contributed by atoms with Gasteiger partial charge in [-0.1, -0.05) is 25.7 Å². The minimum atomic E-state index is -1.10. The minimum Gasteiger partial charge on any atom is -0.378 e. The van der Waals surface area contributed by atoms with Crippen LogP contribution in [0.4, 0.5) is 11.4 Å². The minimum absolute atomic E-state index is 0.193. The lowest BCUT2D eigenvalue weighted by Gasteiger charge is -2.26. The SMILES string of the molecule is CN(C)c1ccc(NC(=O)C(C)(C)C(=O)NC2CCCCCC2)cc1. The molecule has 1 fully saturated rings. The van der Waals surface area contributed by atoms with E-state index in [0.29, 0.717) is 5.69 Å². The fourth-order valence-electron chi connectivity index (χ4n) is 3.02. The van der Waals surface area contributed by atoms with Crippen LogP contribution in [0, 0.1) is 5.41 Å². The van der Waals surface area contributed by atoms with Crippen molar-refractivity contribution in [1.29, 1.82) is 0 Å². The van der Waals surface area contributed by atoms with Gasteiger partial charge in [0.2, 0.25) is 11.8 Å². The number of carbonyl (C=O) groups excluding carboxylic acids is 2. The Labute approximate surface area is 151 Å². The summed E-state index contributed by atoms with van der Waals surface area (Å²) < 4.78 is 0. The molecule has 5 heteroatoms. The lowest BCUT2D eigenvalue weighted by atomic mass is 9.90. The van der Waals surface area contributed by atoms with Crippen molar-refractivity contribution >= 4 is 23.2 Å². The van der Waals surface area contributed by atoms with E-state index in [2.05, 4.69) is 10.6 Å². The van der Waals surface area contributed by atoms with Gasteiger partial charge in [0.15, 0.2) is 0 Å². The molecule has 1 aliphatic carbocycles. The van der Waals surface area contributed by atoms with Crippen LogP contribution in [0.25, 0.3) is 0 Å². The molecule has 2 amide bonds. The number of nitrogens with one attached hydrogen (secondary N) is 2. The summed E-state index contributed by atoms with van der Waals surface area (Å²) in [5.41, 5.74) is 0.654. The molecule has 5 nitrogen and oxygen atoms in total. The van der Waals surface area contributed by atoms with Gasteiger partial charge in [-0.3, -0.25) is 9.59 Å². The van der Waals surface area contributed by atoms with Crippen molar-refractivity contribution in [3.63, 3.8) is 0 Å². The normalized spacial score (nSPS) is 16.0. The maximum absolute atomic E-state index is 12.6. The zero-order valence-electron chi connectivity index (χ0n) is 15.9. The van der Waals surface area contributed by atoms with Gasteiger partial charge in [0.25, 0.3) is 0 Å². The molecule has 1 aromatic carbocycles. The highest BCUT2D eigenvalue weighted by atomic mass is 16.2. The third-order valence-electron chi connectivity index (χ3n) is 4.97. The van der Waals surface area contributed by atoms with Crippen LogP contribution < -0.4 is 15.5 Å². The third kappa shape index (κ3) is 5.21. The molecule has 1 aliphatic rings. The first-order chi connectivity index (χ1) is 11.8. The fraction of sp³-hybridized carbons (Fsp3) is 0.600. The predicted octanol–water partition coefficient (Wildman–Crippen LogP) is 3.56. The maximum Gasteiger partial charge on any atom is 0.239 e. The summed E-state index contributed by atoms with van der Waals surface area (Å²) in [6.45, 7) is 3.37. The second-order valence-corrected chi connectivity index (χ2v) is 7.68. The smallest absolute Gasteiger partial charge is 0.239 e. The van der Waals surface area contributed by atoms with Crippen LogP contribution in [0.5, 0.6) is 0 Å². The van der Waals surface area contributed by atoms with Gasteiger partial charge in [0.1, 0.15) is 5.41 Å². The first-order valence-corrected chi connectivity index (χ1v) is 9.20. The van der Waals surface area contributed by atoms with Crippen molar-refractivity contribution in [2.75, 3.05) is 24.3 Å². The number of hydrogen-bond donors (Lipinski definition) is 2. The molecule has 0 radical (unpaired) electrons. The average Bonchev–Trinajstić information content (AvgIpc) is 2.83. The van der Waals surface area contributed by atoms with Crippen LogP contribution in [0.15, 0.2) is 24.3 Å². The Morgan fingerprint density at radius 3 is 2.04 bits per heavy atom. The fourth-order valence-corrected chi connectivity index (χ4v) is 3.02. The summed E-state index contributed by atoms with van der Waals surface area (Å²) in [5, 5.41) is 5.94. The van der Waals surface area contributed by atoms with Gasteiger partial charge < -0.3 is 15.5 Å². The van der Waals surface area contributed by atoms with E-state index in [4.69, 9.17) is 0 Å². The molecule has 2 N–H and O–H groups in total. The second-order valence-electron chi connectivity index (χ2n) is 7.68. The average molecular weight is 345 g/mol. The van der Waals surface area contributed by atoms with Crippen molar-refractivity contribution in [1.82, 2.24) is 5.32 Å². The van der Waals surface area contributed by atoms with Crippen LogP contribution in [0.3, 0.4) is 0 Å². The lowest BCUT2D eigenvalue weighted by molar-refractivity contribution is -0.138. The van der Waals surface area contributed by atoms with Gasteiger partial charge in [-0.2, -0.15) is 0 Å². The Balaban J connectivity index is 1.96. The number of nitrogens with zero attached hydrogens (tertiary/aromatic N) is 1. The Morgan fingerprint density at radius 1 is 0.960 bits per heavy atom. The highest BCUT2D eigenvalue weighted by molar-refractivity contribution is 6.09. The molecule has 1 saturated carbocycles. The summed E-state index contributed by atoms with van der Waals surface area (Å²) in [6, 6.07) is 7.78. The largest absolute Gasteiger partial charge is 0.378 e. The number of amides is 2. The molecule has 0 atom stereocenters. The summed E-state index contributed by atoms with van der Waals surface area (Å²) in [5.74, 6) is -0.474. The predicted molar refractivity (Wildman–Crippen MR) is 103 cm³/mol. The Kier molecular flexibility index (Phi) is 6.45. The van der Waals surface area contributed by atoms with Crippen molar-refractivity contribution in [3.8, 4) is 0 Å². The van der Waals surface area contributed by atoms with E-state index in [-0.39, 0.29) is 17.9 Å². The number of rotatable bonds is 5. The van der Waals surface area contributed by atoms with E-state index in [1.165, 1.54) is 12.8 Å². The van der Waals surface area contributed by atoms with Crippen LogP contribution in [0.1, 0.15) is 52.4 Å². The molecule has 0 bridgehead atoms. The first-order valence-electron chi connectivity index (χ1n) is 9.20. The molecule has 0 saturated heterocycles. The van der Waals surface area contributed by atoms with Gasteiger partial charge in [-0.25, -0.2) is 0 Å². The van der Waals surface area contributed by atoms with E-state index in [1.54, 1.807) is 13.8 Å². The Morgan fingerprint density at radius 2 is 1.52 bits per heavy atom. The van der Waals surface area contributed by atoms with Crippen molar-refractivity contribution in [3.05, 3.63) is 24.3 Å². The summed E-state index contributed by atoms with van der Waals surface area (Å²) in [4.78, 5) is 27.3. The van der Waals surface area contributed by atoms with Crippen LogP contribution in [0.2, 0.25) is 0 Å². The highest BCUT2D eigenvalue weighted by Gasteiger charge is 2.37. The van der Waals surface area contributed by atoms with Gasteiger partial charge in [-0.15, -0.1) is 0 Å². The zero-order valence-corrected chi connectivity index (χ0v) is 15.9. The van der Waals surface area contributed by atoms with Crippen LogP contribution in [-0.4, -0.2) is 32.0 Å². The van der Waals surface area contributed by atoms with E-state index in [9.17, 15) is 9.59 Å². The van der Waals surface area contributed by atoms with Gasteiger partial charge >= 0.3 is 0 Å². The first kappa shape index (κ1) is 19.3. The summed E-state index contributed by atoms with van der Waals surface area (Å²) in [6.07, 6.45) is 6.79. The molecule has 1 aromatic rings. The quantitative estimate of drug-likeness (QED) is 0.634. The monoisotopic (exact) mass is 345 g/mol. The molecule has 0 spiro atoms. The van der Waals surface area contributed by atoms with E-state index < -0.39 is 5.41 Å². The Bertz CT molecular complexity index is 585. The van der Waals surface area contributed by atoms with Gasteiger partial charge in [0.05, 0.1) is 0 Å². The van der Waals surface area contributed by atoms with Crippen molar-refractivity contribution in [2.45, 2.75) is 58.4 Å². The van der Waals surface area contributed by atoms with Crippen LogP contribution >= 0.6 is 0 Å². The number of hydrogen-bond acceptors (Lipinski definition) is 3. The lowest BCUT2D eigenvalue weighted by Crippen LogP contribution is -2.48. The zero-order chi connectivity index (χ0) is 18.4. The number of anilines is 2. The molecular formula is C20H31N3O2. The topological polar surface area (TPSA) is 61.4 Å². The molecule has 138 valence electrons. The second kappa shape index (κ2) is 8.37. The number of benzene rings is 1. The third-order valence-corrected chi connectivity index (χ3v) is 4.97.